The van der Waals surface area contributed by atoms with E-state index in [0.29, 0.717) is 34.1 Å². The fourth-order valence-electron chi connectivity index (χ4n) is 4.28. The van der Waals surface area contributed by atoms with Gasteiger partial charge in [-0.25, -0.2) is 8.91 Å². The molecule has 0 aliphatic rings. The highest BCUT2D eigenvalue weighted by molar-refractivity contribution is 9.10. The van der Waals surface area contributed by atoms with E-state index in [1.807, 2.05) is 44.2 Å². The van der Waals surface area contributed by atoms with E-state index >= 15 is 0 Å². The highest BCUT2D eigenvalue weighted by Gasteiger charge is 2.19. The minimum absolute atomic E-state index is 0.0391. The van der Waals surface area contributed by atoms with Crippen molar-refractivity contribution in [3.8, 4) is 5.75 Å². The standard InChI is InChI=1S/C33H31BrCl2N4O4/c1-4-6-30(42)40(34)24-14-10-22(11-15-24)12-18-29(41)37-19-31(43)39(3)27-17-16-26(35)25(32(27)36)20-44-28-8-5-7-23-13-9-21(2)38-33(23)28/h5,7-18H,4,6,19-20H2,1-3H3,(H,37,41). The van der Waals surface area contributed by atoms with Gasteiger partial charge in [-0.1, -0.05) is 60.5 Å². The first kappa shape index (κ1) is 33.0. The maximum atomic E-state index is 13.0. The van der Waals surface area contributed by atoms with Gasteiger partial charge in [0.1, 0.15) is 17.9 Å². The molecule has 44 heavy (non-hydrogen) atoms. The number of likely N-dealkylation sites (N-methyl/N-ethyl adjacent to an activating group) is 1. The Kier molecular flexibility index (Phi) is 11.4. The van der Waals surface area contributed by atoms with Gasteiger partial charge in [-0.15, -0.1) is 0 Å². The van der Waals surface area contributed by atoms with Gasteiger partial charge in [0.25, 0.3) is 0 Å². The zero-order valence-corrected chi connectivity index (χ0v) is 27.5. The Morgan fingerprint density at radius 2 is 1.75 bits per heavy atom. The van der Waals surface area contributed by atoms with Crippen molar-refractivity contribution >= 4 is 85.4 Å². The van der Waals surface area contributed by atoms with Gasteiger partial charge in [0.05, 0.1) is 39.1 Å². The van der Waals surface area contributed by atoms with E-state index in [4.69, 9.17) is 27.9 Å². The zero-order valence-electron chi connectivity index (χ0n) is 24.4. The Morgan fingerprint density at radius 1 is 1.00 bits per heavy atom. The van der Waals surface area contributed by atoms with Crippen LogP contribution in [0.1, 0.15) is 36.6 Å². The summed E-state index contributed by atoms with van der Waals surface area (Å²) in [6.07, 6.45) is 4.15. The summed E-state index contributed by atoms with van der Waals surface area (Å²) in [5.74, 6) is -0.267. The number of aryl methyl sites for hydroxylation is 1. The zero-order chi connectivity index (χ0) is 31.8. The minimum Gasteiger partial charge on any atom is -0.487 e. The third kappa shape index (κ3) is 8.16. The number of nitrogens with zero attached hydrogens (tertiary/aromatic N) is 3. The number of hydrogen-bond acceptors (Lipinski definition) is 5. The minimum atomic E-state index is -0.439. The molecule has 0 saturated heterocycles. The van der Waals surface area contributed by atoms with Crippen LogP contribution in [0.25, 0.3) is 17.0 Å². The largest absolute Gasteiger partial charge is 0.487 e. The predicted octanol–water partition coefficient (Wildman–Crippen LogP) is 7.66. The van der Waals surface area contributed by atoms with Crippen molar-refractivity contribution in [1.82, 2.24) is 10.3 Å². The molecule has 0 atom stereocenters. The lowest BCUT2D eigenvalue weighted by atomic mass is 10.1. The molecule has 4 rings (SSSR count). The highest BCUT2D eigenvalue weighted by atomic mass is 79.9. The van der Waals surface area contributed by atoms with E-state index < -0.39 is 5.91 Å². The van der Waals surface area contributed by atoms with Gasteiger partial charge >= 0.3 is 0 Å². The first-order valence-electron chi connectivity index (χ1n) is 13.9. The smallest absolute Gasteiger partial charge is 0.246 e. The molecule has 11 heteroatoms. The van der Waals surface area contributed by atoms with Crippen LogP contribution >= 0.6 is 39.3 Å². The van der Waals surface area contributed by atoms with E-state index in [2.05, 4.69) is 26.4 Å². The fraction of sp³-hybridized carbons (Fsp3) is 0.212. The Morgan fingerprint density at radius 3 is 2.48 bits per heavy atom. The van der Waals surface area contributed by atoms with Crippen LogP contribution in [0.3, 0.4) is 0 Å². The molecule has 0 fully saturated rings. The number of ether oxygens (including phenoxy) is 1. The van der Waals surface area contributed by atoms with Crippen LogP contribution < -0.4 is 18.9 Å². The van der Waals surface area contributed by atoms with Crippen molar-refractivity contribution in [2.24, 2.45) is 0 Å². The lowest BCUT2D eigenvalue weighted by Gasteiger charge is -2.21. The van der Waals surface area contributed by atoms with Gasteiger partial charge in [0.2, 0.25) is 17.7 Å². The molecular weight excluding hydrogens is 667 g/mol. The second-order valence-electron chi connectivity index (χ2n) is 9.95. The molecule has 1 N–H and O–H groups in total. The summed E-state index contributed by atoms with van der Waals surface area (Å²) in [4.78, 5) is 43.4. The molecule has 228 valence electrons. The molecule has 0 aliphatic carbocycles. The van der Waals surface area contributed by atoms with Crippen LogP contribution in [0.5, 0.6) is 5.75 Å². The SMILES string of the molecule is CCCC(=O)N(Br)c1ccc(C=CC(=O)NCC(=O)N(C)c2ccc(Cl)c(COc3cccc4ccc(C)nc34)c2Cl)cc1. The Balaban J connectivity index is 1.36. The Hall–Kier alpha value is -3.92. The molecule has 4 aromatic rings. The summed E-state index contributed by atoms with van der Waals surface area (Å²) in [5, 5.41) is 4.21. The van der Waals surface area contributed by atoms with Crippen LogP contribution in [0.2, 0.25) is 10.0 Å². The third-order valence-corrected chi connectivity index (χ3v) is 8.32. The van der Waals surface area contributed by atoms with E-state index in [1.165, 1.54) is 14.9 Å². The average Bonchev–Trinajstić information content (AvgIpc) is 3.02. The summed E-state index contributed by atoms with van der Waals surface area (Å²) >= 11 is 16.5. The molecule has 3 aromatic carbocycles. The van der Waals surface area contributed by atoms with E-state index in [9.17, 15) is 14.4 Å². The van der Waals surface area contributed by atoms with Gasteiger partial charge in [-0.3, -0.25) is 14.4 Å². The van der Waals surface area contributed by atoms with Crippen LogP contribution in [-0.2, 0) is 21.0 Å². The highest BCUT2D eigenvalue weighted by Crippen LogP contribution is 2.35. The van der Waals surface area contributed by atoms with E-state index in [-0.39, 0.29) is 30.0 Å². The molecule has 0 spiro atoms. The van der Waals surface area contributed by atoms with Crippen LogP contribution in [0.15, 0.2) is 72.8 Å². The number of para-hydroxylation sites is 1. The number of carbonyl (C=O) groups is 3. The quantitative estimate of drug-likeness (QED) is 0.128. The average molecular weight is 698 g/mol. The predicted molar refractivity (Wildman–Crippen MR) is 180 cm³/mol. The van der Waals surface area contributed by atoms with E-state index in [1.54, 1.807) is 49.5 Å². The Bertz CT molecular complexity index is 1710. The van der Waals surface area contributed by atoms with Crippen molar-refractivity contribution in [2.75, 3.05) is 22.4 Å². The molecular formula is C33H31BrCl2N4O4. The van der Waals surface area contributed by atoms with Crippen LogP contribution in [0.4, 0.5) is 11.4 Å². The lowest BCUT2D eigenvalue weighted by Crippen LogP contribution is -2.37. The molecule has 1 heterocycles. The number of nitrogens with one attached hydrogen (secondary N) is 1. The first-order chi connectivity index (χ1) is 21.1. The lowest BCUT2D eigenvalue weighted by molar-refractivity contribution is -0.122. The third-order valence-electron chi connectivity index (χ3n) is 6.74. The molecule has 0 unspecified atom stereocenters. The number of rotatable bonds is 11. The van der Waals surface area contributed by atoms with Crippen molar-refractivity contribution in [1.29, 1.82) is 0 Å². The molecule has 0 saturated carbocycles. The topological polar surface area (TPSA) is 91.8 Å². The number of pyridine rings is 1. The molecule has 0 aliphatic heterocycles. The molecule has 0 radical (unpaired) electrons. The first-order valence-corrected chi connectivity index (χ1v) is 15.3. The number of anilines is 2. The van der Waals surface area contributed by atoms with Gasteiger partial charge in [-0.2, -0.15) is 0 Å². The van der Waals surface area contributed by atoms with Crippen LogP contribution in [-0.4, -0.2) is 36.3 Å². The maximum Gasteiger partial charge on any atom is 0.246 e. The molecule has 0 bridgehead atoms. The van der Waals surface area contributed by atoms with Gasteiger partial charge in [-0.05, 0) is 61.4 Å². The van der Waals surface area contributed by atoms with E-state index in [0.717, 1.165) is 28.6 Å². The summed E-state index contributed by atoms with van der Waals surface area (Å²) in [7, 11) is 1.57. The summed E-state index contributed by atoms with van der Waals surface area (Å²) < 4.78 is 7.50. The molecule has 8 nitrogen and oxygen atoms in total. The fourth-order valence-corrected chi connectivity index (χ4v) is 5.30. The number of halogens is 3. The monoisotopic (exact) mass is 696 g/mol. The number of amides is 3. The van der Waals surface area contributed by atoms with Crippen molar-refractivity contribution in [2.45, 2.75) is 33.3 Å². The van der Waals surface area contributed by atoms with Crippen molar-refractivity contribution < 1.29 is 19.1 Å². The van der Waals surface area contributed by atoms with Gasteiger partial charge in [0, 0.05) is 41.2 Å². The summed E-state index contributed by atoms with van der Waals surface area (Å²) in [6, 6.07) is 20.0. The summed E-state index contributed by atoms with van der Waals surface area (Å²) in [5.41, 5.74) is 3.99. The van der Waals surface area contributed by atoms with Gasteiger partial charge < -0.3 is 15.0 Å². The second kappa shape index (κ2) is 15.2. The normalized spacial score (nSPS) is 11.0. The number of aromatic nitrogens is 1. The van der Waals surface area contributed by atoms with Crippen LogP contribution in [0, 0.1) is 6.92 Å². The summed E-state index contributed by atoms with van der Waals surface area (Å²) in [6.45, 7) is 3.67. The van der Waals surface area contributed by atoms with Crippen molar-refractivity contribution in [3.63, 3.8) is 0 Å². The Labute approximate surface area is 274 Å². The number of hydrogen-bond donors (Lipinski definition) is 1. The van der Waals surface area contributed by atoms with Gasteiger partial charge in [0.15, 0.2) is 0 Å². The maximum absolute atomic E-state index is 13.0. The number of carbonyl (C=O) groups excluding carboxylic acids is 3. The second-order valence-corrected chi connectivity index (χ2v) is 11.4. The molecule has 3 amide bonds. The van der Waals surface area contributed by atoms with Crippen molar-refractivity contribution in [3.05, 3.63) is 99.7 Å². The number of benzene rings is 3. The number of fused-ring (bicyclic) bond motifs is 1. The molecule has 1 aromatic heterocycles.